The molecule has 1 heterocycles. The normalized spacial score (nSPS) is 10.1. The second-order valence-electron chi connectivity index (χ2n) is 3.01. The Labute approximate surface area is 68.5 Å². The van der Waals surface area contributed by atoms with Crippen molar-refractivity contribution in [1.29, 1.82) is 0 Å². The van der Waals surface area contributed by atoms with Gasteiger partial charge >= 0.3 is 0 Å². The van der Waals surface area contributed by atoms with Crippen molar-refractivity contribution in [2.45, 2.75) is 33.6 Å². The Morgan fingerprint density at radius 2 is 2.09 bits per heavy atom. The van der Waals surface area contributed by atoms with Gasteiger partial charge in [-0.15, -0.1) is 0 Å². The van der Waals surface area contributed by atoms with E-state index in [9.17, 15) is 0 Å². The number of nitrogens with zero attached hydrogens (tertiary/aromatic N) is 1. The van der Waals surface area contributed by atoms with Gasteiger partial charge in [0.25, 0.3) is 0 Å². The van der Waals surface area contributed by atoms with Crippen LogP contribution in [0.1, 0.15) is 30.2 Å². The first-order valence-corrected chi connectivity index (χ1v) is 4.16. The lowest BCUT2D eigenvalue weighted by atomic mass is 10.1. The summed E-state index contributed by atoms with van der Waals surface area (Å²) in [7, 11) is 0. The van der Waals surface area contributed by atoms with Crippen LogP contribution < -0.4 is 0 Å². The Balaban J connectivity index is 2.93. The van der Waals surface area contributed by atoms with E-state index in [2.05, 4.69) is 31.8 Å². The molecule has 0 aromatic carbocycles. The van der Waals surface area contributed by atoms with Gasteiger partial charge in [0.1, 0.15) is 0 Å². The van der Waals surface area contributed by atoms with Crippen LogP contribution >= 0.6 is 0 Å². The zero-order chi connectivity index (χ0) is 8.27. The van der Waals surface area contributed by atoms with E-state index in [1.807, 2.05) is 6.20 Å². The van der Waals surface area contributed by atoms with Crippen molar-refractivity contribution in [2.24, 2.45) is 0 Å². The van der Waals surface area contributed by atoms with Gasteiger partial charge in [0, 0.05) is 11.9 Å². The average molecular weight is 149 g/mol. The summed E-state index contributed by atoms with van der Waals surface area (Å²) < 4.78 is 0. The van der Waals surface area contributed by atoms with Crippen LogP contribution in [0.25, 0.3) is 0 Å². The highest BCUT2D eigenvalue weighted by molar-refractivity contribution is 5.23. The van der Waals surface area contributed by atoms with Crippen molar-refractivity contribution in [1.82, 2.24) is 4.98 Å². The van der Waals surface area contributed by atoms with E-state index in [1.54, 1.807) is 0 Å². The maximum atomic E-state index is 4.30. The zero-order valence-corrected chi connectivity index (χ0v) is 7.52. The molecular weight excluding hydrogens is 134 g/mol. The first-order valence-electron chi connectivity index (χ1n) is 4.16. The van der Waals surface area contributed by atoms with E-state index in [4.69, 9.17) is 0 Å². The van der Waals surface area contributed by atoms with Crippen molar-refractivity contribution in [2.75, 3.05) is 0 Å². The van der Waals surface area contributed by atoms with Crippen LogP contribution in [-0.2, 0) is 6.42 Å². The fourth-order valence-corrected chi connectivity index (χ4v) is 1.22. The van der Waals surface area contributed by atoms with Crippen molar-refractivity contribution >= 4 is 0 Å². The molecule has 0 amide bonds. The SMILES string of the molecule is CCCc1cc(C)cnc1C. The highest BCUT2D eigenvalue weighted by Crippen LogP contribution is 2.09. The lowest BCUT2D eigenvalue weighted by molar-refractivity contribution is 0.895. The lowest BCUT2D eigenvalue weighted by Crippen LogP contribution is -1.92. The van der Waals surface area contributed by atoms with Crippen molar-refractivity contribution in [3.05, 3.63) is 29.1 Å². The molecule has 1 heteroatoms. The van der Waals surface area contributed by atoms with Crippen LogP contribution in [0.3, 0.4) is 0 Å². The Hall–Kier alpha value is -0.850. The van der Waals surface area contributed by atoms with Gasteiger partial charge in [0.15, 0.2) is 0 Å². The topological polar surface area (TPSA) is 12.9 Å². The molecule has 1 aromatic heterocycles. The molecule has 11 heavy (non-hydrogen) atoms. The molecule has 0 saturated carbocycles. The predicted molar refractivity (Wildman–Crippen MR) is 47.7 cm³/mol. The van der Waals surface area contributed by atoms with Gasteiger partial charge < -0.3 is 0 Å². The smallest absolute Gasteiger partial charge is 0.0404 e. The summed E-state index contributed by atoms with van der Waals surface area (Å²) in [5.41, 5.74) is 3.84. The van der Waals surface area contributed by atoms with Gasteiger partial charge in [0.05, 0.1) is 0 Å². The van der Waals surface area contributed by atoms with E-state index < -0.39 is 0 Å². The summed E-state index contributed by atoms with van der Waals surface area (Å²) in [5.74, 6) is 0. The van der Waals surface area contributed by atoms with Crippen molar-refractivity contribution < 1.29 is 0 Å². The Morgan fingerprint density at radius 3 is 2.73 bits per heavy atom. The van der Waals surface area contributed by atoms with E-state index in [0.717, 1.165) is 6.42 Å². The molecule has 0 radical (unpaired) electrons. The number of aryl methyl sites for hydroxylation is 3. The molecule has 1 rings (SSSR count). The van der Waals surface area contributed by atoms with Gasteiger partial charge in [-0.25, -0.2) is 0 Å². The molecular formula is C10H15N. The third kappa shape index (κ3) is 2.04. The largest absolute Gasteiger partial charge is 0.261 e. The molecule has 0 unspecified atom stereocenters. The highest BCUT2D eigenvalue weighted by atomic mass is 14.7. The second-order valence-corrected chi connectivity index (χ2v) is 3.01. The van der Waals surface area contributed by atoms with Crippen LogP contribution in [0, 0.1) is 13.8 Å². The third-order valence-electron chi connectivity index (χ3n) is 1.85. The lowest BCUT2D eigenvalue weighted by Gasteiger charge is -2.03. The summed E-state index contributed by atoms with van der Waals surface area (Å²) >= 11 is 0. The number of rotatable bonds is 2. The van der Waals surface area contributed by atoms with Gasteiger partial charge in [-0.05, 0) is 31.4 Å². The molecule has 1 nitrogen and oxygen atoms in total. The summed E-state index contributed by atoms with van der Waals surface area (Å²) in [6, 6.07) is 2.23. The number of aromatic nitrogens is 1. The fourth-order valence-electron chi connectivity index (χ4n) is 1.22. The van der Waals surface area contributed by atoms with E-state index in [-0.39, 0.29) is 0 Å². The number of hydrogen-bond acceptors (Lipinski definition) is 1. The summed E-state index contributed by atoms with van der Waals surface area (Å²) in [4.78, 5) is 4.30. The van der Waals surface area contributed by atoms with Crippen LogP contribution in [0.15, 0.2) is 12.3 Å². The van der Waals surface area contributed by atoms with E-state index in [0.29, 0.717) is 0 Å². The van der Waals surface area contributed by atoms with E-state index >= 15 is 0 Å². The number of pyridine rings is 1. The molecule has 0 bridgehead atoms. The fraction of sp³-hybridized carbons (Fsp3) is 0.500. The van der Waals surface area contributed by atoms with Crippen molar-refractivity contribution in [3.8, 4) is 0 Å². The molecule has 0 fully saturated rings. The Morgan fingerprint density at radius 1 is 1.36 bits per heavy atom. The quantitative estimate of drug-likeness (QED) is 0.630. The standard InChI is InChI=1S/C10H15N/c1-4-5-10-6-8(2)7-11-9(10)3/h6-7H,4-5H2,1-3H3. The third-order valence-corrected chi connectivity index (χ3v) is 1.85. The molecule has 0 saturated heterocycles. The minimum atomic E-state index is 1.15. The Bertz CT molecular complexity index is 241. The molecule has 1 aromatic rings. The average Bonchev–Trinajstić information content (AvgIpc) is 1.98. The molecule has 0 N–H and O–H groups in total. The molecule has 0 aliphatic rings. The molecule has 0 aliphatic carbocycles. The minimum absolute atomic E-state index is 1.15. The second kappa shape index (κ2) is 3.51. The van der Waals surface area contributed by atoms with E-state index in [1.165, 1.54) is 23.2 Å². The molecule has 0 aliphatic heterocycles. The maximum absolute atomic E-state index is 4.30. The van der Waals surface area contributed by atoms with Crippen LogP contribution in [0.5, 0.6) is 0 Å². The van der Waals surface area contributed by atoms with Crippen molar-refractivity contribution in [3.63, 3.8) is 0 Å². The van der Waals surface area contributed by atoms with Gasteiger partial charge in [-0.1, -0.05) is 19.4 Å². The first-order chi connectivity index (χ1) is 5.24. The monoisotopic (exact) mass is 149 g/mol. The minimum Gasteiger partial charge on any atom is -0.261 e. The summed E-state index contributed by atoms with van der Waals surface area (Å²) in [6.45, 7) is 6.36. The van der Waals surface area contributed by atoms with Gasteiger partial charge in [0.2, 0.25) is 0 Å². The maximum Gasteiger partial charge on any atom is 0.0404 e. The Kier molecular flexibility index (Phi) is 2.64. The van der Waals surface area contributed by atoms with Gasteiger partial charge in [-0.3, -0.25) is 4.98 Å². The van der Waals surface area contributed by atoms with Gasteiger partial charge in [-0.2, -0.15) is 0 Å². The van der Waals surface area contributed by atoms with Crippen LogP contribution in [0.2, 0.25) is 0 Å². The first kappa shape index (κ1) is 8.25. The highest BCUT2D eigenvalue weighted by Gasteiger charge is 1.97. The number of hydrogen-bond donors (Lipinski definition) is 0. The summed E-state index contributed by atoms with van der Waals surface area (Å²) in [6.07, 6.45) is 4.28. The molecule has 0 atom stereocenters. The molecule has 0 spiro atoms. The predicted octanol–water partition coefficient (Wildman–Crippen LogP) is 2.65. The molecule has 60 valence electrons. The summed E-state index contributed by atoms with van der Waals surface area (Å²) in [5, 5.41) is 0. The zero-order valence-electron chi connectivity index (χ0n) is 7.52. The van der Waals surface area contributed by atoms with Crippen LogP contribution in [-0.4, -0.2) is 4.98 Å². The van der Waals surface area contributed by atoms with Crippen LogP contribution in [0.4, 0.5) is 0 Å².